The van der Waals surface area contributed by atoms with E-state index in [1.54, 1.807) is 0 Å². The fraction of sp³-hybridized carbons (Fsp3) is 0.765. The lowest BCUT2D eigenvalue weighted by Crippen LogP contribution is -2.49. The van der Waals surface area contributed by atoms with Gasteiger partial charge < -0.3 is 9.73 Å². The van der Waals surface area contributed by atoms with E-state index in [4.69, 9.17) is 4.42 Å². The molecular weight excluding hydrogens is 248 g/mol. The number of hydrogen-bond acceptors (Lipinski definition) is 3. The van der Waals surface area contributed by atoms with Crippen LogP contribution in [0, 0.1) is 0 Å². The maximum absolute atomic E-state index is 5.68. The molecule has 0 saturated carbocycles. The molecule has 2 saturated heterocycles. The zero-order valence-electron chi connectivity index (χ0n) is 12.5. The van der Waals surface area contributed by atoms with Gasteiger partial charge >= 0.3 is 0 Å². The van der Waals surface area contributed by atoms with Gasteiger partial charge in [0.15, 0.2) is 0 Å². The predicted molar refractivity (Wildman–Crippen MR) is 79.7 cm³/mol. The Morgan fingerprint density at radius 3 is 2.80 bits per heavy atom. The van der Waals surface area contributed by atoms with Crippen LogP contribution in [0.3, 0.4) is 0 Å². The first-order chi connectivity index (χ1) is 9.85. The molecule has 110 valence electrons. The Balaban J connectivity index is 1.57. The van der Waals surface area contributed by atoms with Crippen molar-refractivity contribution in [1.82, 2.24) is 10.2 Å². The van der Waals surface area contributed by atoms with Gasteiger partial charge in [-0.1, -0.05) is 6.92 Å². The fourth-order valence-corrected chi connectivity index (χ4v) is 4.84. The van der Waals surface area contributed by atoms with Crippen molar-refractivity contribution in [3.63, 3.8) is 0 Å². The monoisotopic (exact) mass is 274 g/mol. The Morgan fingerprint density at radius 1 is 1.25 bits per heavy atom. The van der Waals surface area contributed by atoms with Gasteiger partial charge in [-0.05, 0) is 51.1 Å². The molecule has 2 bridgehead atoms. The fourth-order valence-electron chi connectivity index (χ4n) is 4.84. The third-order valence-electron chi connectivity index (χ3n) is 5.70. The van der Waals surface area contributed by atoms with Crippen molar-refractivity contribution in [1.29, 1.82) is 0 Å². The van der Waals surface area contributed by atoms with Gasteiger partial charge in [0.1, 0.15) is 5.76 Å². The van der Waals surface area contributed by atoms with Gasteiger partial charge in [-0.3, -0.25) is 4.90 Å². The van der Waals surface area contributed by atoms with E-state index < -0.39 is 0 Å². The SMILES string of the molecule is CCN(C1CC2CCC(C1)N2)C1CCCc2occc21. The number of rotatable bonds is 3. The second-order valence-corrected chi connectivity index (χ2v) is 6.80. The van der Waals surface area contributed by atoms with Gasteiger partial charge in [-0.15, -0.1) is 0 Å². The van der Waals surface area contributed by atoms with Crippen molar-refractivity contribution < 1.29 is 4.42 Å². The summed E-state index contributed by atoms with van der Waals surface area (Å²) >= 11 is 0. The molecule has 3 atom stereocenters. The van der Waals surface area contributed by atoms with E-state index in [-0.39, 0.29) is 0 Å². The van der Waals surface area contributed by atoms with Crippen LogP contribution in [-0.2, 0) is 6.42 Å². The summed E-state index contributed by atoms with van der Waals surface area (Å²) in [5.41, 5.74) is 1.48. The Morgan fingerprint density at radius 2 is 2.05 bits per heavy atom. The van der Waals surface area contributed by atoms with Crippen LogP contribution in [0.4, 0.5) is 0 Å². The molecule has 3 nitrogen and oxygen atoms in total. The van der Waals surface area contributed by atoms with Crippen LogP contribution in [0.1, 0.15) is 62.8 Å². The lowest BCUT2D eigenvalue weighted by atomic mass is 9.88. The largest absolute Gasteiger partial charge is 0.469 e. The number of hydrogen-bond donors (Lipinski definition) is 1. The molecule has 1 aliphatic carbocycles. The molecule has 3 aliphatic rings. The van der Waals surface area contributed by atoms with Crippen molar-refractivity contribution in [2.24, 2.45) is 0 Å². The van der Waals surface area contributed by atoms with Gasteiger partial charge in [-0.2, -0.15) is 0 Å². The van der Waals surface area contributed by atoms with Crippen LogP contribution in [0.15, 0.2) is 16.7 Å². The average molecular weight is 274 g/mol. The highest BCUT2D eigenvalue weighted by Gasteiger charge is 2.39. The van der Waals surface area contributed by atoms with Crippen LogP contribution < -0.4 is 5.32 Å². The minimum absolute atomic E-state index is 0.602. The Labute approximate surface area is 121 Å². The molecule has 20 heavy (non-hydrogen) atoms. The smallest absolute Gasteiger partial charge is 0.108 e. The van der Waals surface area contributed by atoms with E-state index in [0.29, 0.717) is 6.04 Å². The molecule has 2 aliphatic heterocycles. The molecule has 1 aromatic heterocycles. The van der Waals surface area contributed by atoms with Crippen molar-refractivity contribution in [2.75, 3.05) is 6.54 Å². The standard InChI is InChI=1S/C17H26N2O/c1-2-19(14-10-12-6-7-13(11-14)18-12)16-4-3-5-17-15(16)8-9-20-17/h8-9,12-14,16,18H,2-7,10-11H2,1H3. The van der Waals surface area contributed by atoms with Crippen LogP contribution >= 0.6 is 0 Å². The summed E-state index contributed by atoms with van der Waals surface area (Å²) in [6, 6.07) is 5.15. The molecule has 0 amide bonds. The molecule has 0 spiro atoms. The number of aryl methyl sites for hydroxylation is 1. The summed E-state index contributed by atoms with van der Waals surface area (Å²) in [5, 5.41) is 3.77. The third kappa shape index (κ3) is 2.11. The number of furan rings is 1. The lowest BCUT2D eigenvalue weighted by Gasteiger charge is -2.42. The van der Waals surface area contributed by atoms with E-state index >= 15 is 0 Å². The van der Waals surface area contributed by atoms with Crippen LogP contribution in [0.25, 0.3) is 0 Å². The number of fused-ring (bicyclic) bond motifs is 3. The predicted octanol–water partition coefficient (Wildman–Crippen LogP) is 3.26. The van der Waals surface area contributed by atoms with Gasteiger partial charge in [0.25, 0.3) is 0 Å². The summed E-state index contributed by atoms with van der Waals surface area (Å²) in [7, 11) is 0. The summed E-state index contributed by atoms with van der Waals surface area (Å²) in [6.07, 6.45) is 11.1. The summed E-state index contributed by atoms with van der Waals surface area (Å²) in [5.74, 6) is 1.25. The zero-order valence-corrected chi connectivity index (χ0v) is 12.5. The van der Waals surface area contributed by atoms with Gasteiger partial charge in [0.2, 0.25) is 0 Å². The number of piperidine rings is 1. The molecule has 3 unspecified atom stereocenters. The van der Waals surface area contributed by atoms with Crippen molar-refractivity contribution in [3.05, 3.63) is 23.7 Å². The van der Waals surface area contributed by atoms with E-state index in [1.807, 2.05) is 6.26 Å². The average Bonchev–Trinajstić information content (AvgIpc) is 3.07. The van der Waals surface area contributed by atoms with Crippen LogP contribution in [0.2, 0.25) is 0 Å². The maximum Gasteiger partial charge on any atom is 0.108 e. The second kappa shape index (κ2) is 5.19. The molecule has 3 heteroatoms. The molecule has 0 radical (unpaired) electrons. The Bertz CT molecular complexity index is 457. The Kier molecular flexibility index (Phi) is 3.35. The third-order valence-corrected chi connectivity index (χ3v) is 5.70. The lowest BCUT2D eigenvalue weighted by molar-refractivity contribution is 0.0881. The highest BCUT2D eigenvalue weighted by molar-refractivity contribution is 5.24. The first kappa shape index (κ1) is 12.9. The molecule has 0 aromatic carbocycles. The molecule has 2 fully saturated rings. The van der Waals surface area contributed by atoms with Crippen molar-refractivity contribution >= 4 is 0 Å². The highest BCUT2D eigenvalue weighted by atomic mass is 16.3. The molecule has 4 rings (SSSR count). The summed E-state index contributed by atoms with van der Waals surface area (Å²) in [4.78, 5) is 2.78. The molecular formula is C17H26N2O. The minimum atomic E-state index is 0.602. The highest BCUT2D eigenvalue weighted by Crippen LogP contribution is 2.39. The first-order valence-corrected chi connectivity index (χ1v) is 8.43. The van der Waals surface area contributed by atoms with E-state index in [9.17, 15) is 0 Å². The van der Waals surface area contributed by atoms with E-state index in [2.05, 4.69) is 23.2 Å². The van der Waals surface area contributed by atoms with Gasteiger partial charge in [0, 0.05) is 36.2 Å². The summed E-state index contributed by atoms with van der Waals surface area (Å²) < 4.78 is 5.68. The first-order valence-electron chi connectivity index (χ1n) is 8.43. The van der Waals surface area contributed by atoms with Crippen molar-refractivity contribution in [3.8, 4) is 0 Å². The number of nitrogens with one attached hydrogen (secondary N) is 1. The topological polar surface area (TPSA) is 28.4 Å². The maximum atomic E-state index is 5.68. The van der Waals surface area contributed by atoms with E-state index in [1.165, 1.54) is 56.4 Å². The van der Waals surface area contributed by atoms with Crippen LogP contribution in [-0.4, -0.2) is 29.6 Å². The van der Waals surface area contributed by atoms with Gasteiger partial charge in [-0.25, -0.2) is 0 Å². The Hall–Kier alpha value is -0.800. The van der Waals surface area contributed by atoms with Crippen molar-refractivity contribution in [2.45, 2.75) is 76.0 Å². The second-order valence-electron chi connectivity index (χ2n) is 6.80. The molecule has 3 heterocycles. The number of nitrogens with zero attached hydrogens (tertiary/aromatic N) is 1. The summed E-state index contributed by atoms with van der Waals surface area (Å²) in [6.45, 7) is 3.50. The quantitative estimate of drug-likeness (QED) is 0.917. The minimum Gasteiger partial charge on any atom is -0.469 e. The molecule has 1 N–H and O–H groups in total. The van der Waals surface area contributed by atoms with E-state index in [0.717, 1.165) is 24.5 Å². The van der Waals surface area contributed by atoms with Gasteiger partial charge in [0.05, 0.1) is 6.26 Å². The normalized spacial score (nSPS) is 36.3. The van der Waals surface area contributed by atoms with Crippen LogP contribution in [0.5, 0.6) is 0 Å². The zero-order chi connectivity index (χ0) is 13.5. The molecule has 1 aromatic rings.